The quantitative estimate of drug-likeness (QED) is 0.642. The minimum Gasteiger partial charge on any atom is -0.0739 e. The first-order valence-corrected chi connectivity index (χ1v) is 7.11. The molecule has 4 rings (SSSR count). The van der Waals surface area contributed by atoms with E-state index in [1.165, 1.54) is 50.5 Å². The van der Waals surface area contributed by atoms with Crippen LogP contribution >= 0.6 is 0 Å². The maximum absolute atomic E-state index is 2.66. The summed E-state index contributed by atoms with van der Waals surface area (Å²) in [6.45, 7) is 0. The molecule has 2 spiro atoms. The van der Waals surface area contributed by atoms with Crippen molar-refractivity contribution in [3.05, 3.63) is 42.0 Å². The third-order valence-corrected chi connectivity index (χ3v) is 5.25. The molecule has 2 saturated carbocycles. The Morgan fingerprint density at radius 3 is 2.18 bits per heavy atom. The standard InChI is InChI=1S/C17H20/c1-2-6-14(7-3-1)15-12-16(10-11-16)13-17(15)8-4-5-9-17/h1-3,6-7,12H,4-5,8-11,13H2. The Balaban J connectivity index is 1.80. The van der Waals surface area contributed by atoms with Crippen molar-refractivity contribution < 1.29 is 0 Å². The first-order valence-electron chi connectivity index (χ1n) is 7.11. The second kappa shape index (κ2) is 3.25. The van der Waals surface area contributed by atoms with E-state index in [9.17, 15) is 0 Å². The second-order valence-corrected chi connectivity index (χ2v) is 6.45. The van der Waals surface area contributed by atoms with Gasteiger partial charge < -0.3 is 0 Å². The van der Waals surface area contributed by atoms with E-state index in [2.05, 4.69) is 36.4 Å². The van der Waals surface area contributed by atoms with E-state index in [0.29, 0.717) is 10.8 Å². The zero-order valence-corrected chi connectivity index (χ0v) is 10.4. The number of rotatable bonds is 1. The highest BCUT2D eigenvalue weighted by atomic mass is 14.6. The fraction of sp³-hybridized carbons (Fsp3) is 0.529. The van der Waals surface area contributed by atoms with Crippen LogP contribution < -0.4 is 0 Å². The SMILES string of the molecule is C1=C(c2ccccc2)C2(CCCC2)CC12CC2. The topological polar surface area (TPSA) is 0 Å². The first kappa shape index (κ1) is 9.94. The van der Waals surface area contributed by atoms with Crippen molar-refractivity contribution in [3.63, 3.8) is 0 Å². The molecule has 0 aromatic heterocycles. The molecule has 88 valence electrons. The van der Waals surface area contributed by atoms with Gasteiger partial charge in [0.25, 0.3) is 0 Å². The van der Waals surface area contributed by atoms with Crippen molar-refractivity contribution >= 4 is 5.57 Å². The third-order valence-electron chi connectivity index (χ3n) is 5.25. The molecule has 3 aliphatic carbocycles. The van der Waals surface area contributed by atoms with Crippen molar-refractivity contribution in [2.75, 3.05) is 0 Å². The molecule has 0 saturated heterocycles. The summed E-state index contributed by atoms with van der Waals surface area (Å²) in [7, 11) is 0. The molecule has 0 nitrogen and oxygen atoms in total. The van der Waals surface area contributed by atoms with Gasteiger partial charge in [0.05, 0.1) is 0 Å². The monoisotopic (exact) mass is 224 g/mol. The number of allylic oxidation sites excluding steroid dienone is 2. The van der Waals surface area contributed by atoms with Gasteiger partial charge in [0, 0.05) is 0 Å². The van der Waals surface area contributed by atoms with Crippen LogP contribution in [-0.4, -0.2) is 0 Å². The smallest absolute Gasteiger partial charge is 0.00357 e. The van der Waals surface area contributed by atoms with Gasteiger partial charge in [-0.15, -0.1) is 0 Å². The van der Waals surface area contributed by atoms with Crippen LogP contribution in [0.3, 0.4) is 0 Å². The maximum Gasteiger partial charge on any atom is -0.00357 e. The van der Waals surface area contributed by atoms with Gasteiger partial charge in [0.2, 0.25) is 0 Å². The first-order chi connectivity index (χ1) is 8.32. The summed E-state index contributed by atoms with van der Waals surface area (Å²) in [6.07, 6.45) is 12.8. The third kappa shape index (κ3) is 1.43. The predicted molar refractivity (Wildman–Crippen MR) is 71.6 cm³/mol. The number of hydrogen-bond donors (Lipinski definition) is 0. The molecule has 2 fully saturated rings. The summed E-state index contributed by atoms with van der Waals surface area (Å²) in [5, 5.41) is 0. The van der Waals surface area contributed by atoms with Crippen LogP contribution in [-0.2, 0) is 0 Å². The molecular weight excluding hydrogens is 204 g/mol. The molecule has 0 bridgehead atoms. The van der Waals surface area contributed by atoms with Gasteiger partial charge in [0.15, 0.2) is 0 Å². The summed E-state index contributed by atoms with van der Waals surface area (Å²) < 4.78 is 0. The van der Waals surface area contributed by atoms with E-state index in [4.69, 9.17) is 0 Å². The summed E-state index contributed by atoms with van der Waals surface area (Å²) in [5.41, 5.74) is 4.40. The van der Waals surface area contributed by atoms with Crippen molar-refractivity contribution in [1.82, 2.24) is 0 Å². The van der Waals surface area contributed by atoms with Gasteiger partial charge in [-0.3, -0.25) is 0 Å². The van der Waals surface area contributed by atoms with E-state index in [1.807, 2.05) is 0 Å². The molecular formula is C17H20. The van der Waals surface area contributed by atoms with E-state index in [1.54, 1.807) is 5.57 Å². The maximum atomic E-state index is 2.66. The highest BCUT2D eigenvalue weighted by Crippen LogP contribution is 2.68. The molecule has 17 heavy (non-hydrogen) atoms. The van der Waals surface area contributed by atoms with E-state index >= 15 is 0 Å². The van der Waals surface area contributed by atoms with Crippen LogP contribution in [0, 0.1) is 10.8 Å². The highest BCUT2D eigenvalue weighted by Gasteiger charge is 2.55. The lowest BCUT2D eigenvalue weighted by Crippen LogP contribution is -2.16. The van der Waals surface area contributed by atoms with Crippen LogP contribution in [0.2, 0.25) is 0 Å². The second-order valence-electron chi connectivity index (χ2n) is 6.45. The molecule has 0 heterocycles. The lowest BCUT2D eigenvalue weighted by molar-refractivity contribution is 0.349. The van der Waals surface area contributed by atoms with Crippen molar-refractivity contribution in [3.8, 4) is 0 Å². The zero-order valence-electron chi connectivity index (χ0n) is 10.4. The molecule has 0 aliphatic heterocycles. The number of hydrogen-bond acceptors (Lipinski definition) is 0. The fourth-order valence-corrected chi connectivity index (χ4v) is 4.27. The van der Waals surface area contributed by atoms with Crippen LogP contribution in [0.25, 0.3) is 5.57 Å². The van der Waals surface area contributed by atoms with Gasteiger partial charge in [0.1, 0.15) is 0 Å². The largest absolute Gasteiger partial charge is 0.0739 e. The Morgan fingerprint density at radius 1 is 0.824 bits per heavy atom. The van der Waals surface area contributed by atoms with Crippen LogP contribution in [0.5, 0.6) is 0 Å². The van der Waals surface area contributed by atoms with Crippen molar-refractivity contribution in [1.29, 1.82) is 0 Å². The zero-order chi connectivity index (χ0) is 11.3. The van der Waals surface area contributed by atoms with Gasteiger partial charge in [-0.2, -0.15) is 0 Å². The molecule has 3 aliphatic rings. The average Bonchev–Trinajstić information content (AvgIpc) is 2.84. The Hall–Kier alpha value is -1.04. The Morgan fingerprint density at radius 2 is 1.53 bits per heavy atom. The minimum absolute atomic E-state index is 0.567. The molecule has 0 heteroatoms. The Bertz CT molecular complexity index is 456. The summed E-state index contributed by atoms with van der Waals surface area (Å²) >= 11 is 0. The van der Waals surface area contributed by atoms with E-state index < -0.39 is 0 Å². The molecule has 0 atom stereocenters. The van der Waals surface area contributed by atoms with Gasteiger partial charge in [-0.05, 0) is 54.1 Å². The van der Waals surface area contributed by atoms with Gasteiger partial charge in [-0.25, -0.2) is 0 Å². The van der Waals surface area contributed by atoms with Crippen molar-refractivity contribution in [2.24, 2.45) is 10.8 Å². The lowest BCUT2D eigenvalue weighted by Gasteiger charge is -2.28. The van der Waals surface area contributed by atoms with E-state index in [0.717, 1.165) is 0 Å². The summed E-state index contributed by atoms with van der Waals surface area (Å²) in [4.78, 5) is 0. The number of benzene rings is 1. The van der Waals surface area contributed by atoms with Gasteiger partial charge >= 0.3 is 0 Å². The molecule has 0 radical (unpaired) electrons. The summed E-state index contributed by atoms with van der Waals surface area (Å²) in [5.74, 6) is 0. The Labute approximate surface area is 104 Å². The highest BCUT2D eigenvalue weighted by molar-refractivity contribution is 5.74. The van der Waals surface area contributed by atoms with Gasteiger partial charge in [-0.1, -0.05) is 49.2 Å². The average molecular weight is 224 g/mol. The molecule has 0 unspecified atom stereocenters. The fourth-order valence-electron chi connectivity index (χ4n) is 4.27. The molecule has 0 amide bonds. The normalized spacial score (nSPS) is 27.6. The molecule has 1 aromatic rings. The molecule has 1 aromatic carbocycles. The van der Waals surface area contributed by atoms with E-state index in [-0.39, 0.29) is 0 Å². The predicted octanol–water partition coefficient (Wildman–Crippen LogP) is 4.81. The van der Waals surface area contributed by atoms with Crippen LogP contribution in [0.1, 0.15) is 50.5 Å². The van der Waals surface area contributed by atoms with Crippen LogP contribution in [0.15, 0.2) is 36.4 Å². The Kier molecular flexibility index (Phi) is 1.90. The van der Waals surface area contributed by atoms with Crippen LogP contribution in [0.4, 0.5) is 0 Å². The summed E-state index contributed by atoms with van der Waals surface area (Å²) in [6, 6.07) is 11.1. The molecule has 0 N–H and O–H groups in total. The lowest BCUT2D eigenvalue weighted by atomic mass is 9.75. The van der Waals surface area contributed by atoms with Crippen molar-refractivity contribution in [2.45, 2.75) is 44.9 Å². The minimum atomic E-state index is 0.567.